The zero-order chi connectivity index (χ0) is 18.7. The summed E-state index contributed by atoms with van der Waals surface area (Å²) >= 11 is 1.31. The van der Waals surface area contributed by atoms with E-state index in [0.29, 0.717) is 10.8 Å². The number of hydrogen-bond acceptors (Lipinski definition) is 8. The van der Waals surface area contributed by atoms with Gasteiger partial charge < -0.3 is 20.1 Å². The average Bonchev–Trinajstić information content (AvgIpc) is 3.13. The standard InChI is InChI=1S/C16H22N4O4S2/c1-24-15-14(19-10-3-5-11(21)6-4-10)18-9-13(20-15)26(22,23)12-7-8-17-16(12)25-2/h7-11,17,21H,3-6H2,1-2H3,(H,18,19). The Bertz CT molecular complexity index is 861. The van der Waals surface area contributed by atoms with E-state index in [1.54, 1.807) is 12.5 Å². The number of hydrogen-bond donors (Lipinski definition) is 3. The van der Waals surface area contributed by atoms with Crippen molar-refractivity contribution >= 4 is 27.4 Å². The highest BCUT2D eigenvalue weighted by molar-refractivity contribution is 7.99. The van der Waals surface area contributed by atoms with Crippen LogP contribution in [0.1, 0.15) is 25.7 Å². The number of nitrogens with one attached hydrogen (secondary N) is 2. The molecule has 2 aromatic heterocycles. The molecule has 0 aromatic carbocycles. The summed E-state index contributed by atoms with van der Waals surface area (Å²) in [5, 5.41) is 13.2. The summed E-state index contributed by atoms with van der Waals surface area (Å²) < 4.78 is 30.9. The van der Waals surface area contributed by atoms with E-state index in [1.165, 1.54) is 31.1 Å². The van der Waals surface area contributed by atoms with E-state index in [4.69, 9.17) is 4.74 Å². The fourth-order valence-electron chi connectivity index (χ4n) is 2.96. The van der Waals surface area contributed by atoms with Gasteiger partial charge in [-0.1, -0.05) is 0 Å². The maximum Gasteiger partial charge on any atom is 0.258 e. The van der Waals surface area contributed by atoms with Gasteiger partial charge in [0.1, 0.15) is 4.90 Å². The molecule has 0 radical (unpaired) electrons. The second kappa shape index (κ2) is 7.85. The molecule has 1 fully saturated rings. The van der Waals surface area contributed by atoms with Crippen molar-refractivity contribution in [1.82, 2.24) is 15.0 Å². The molecule has 2 aromatic rings. The van der Waals surface area contributed by atoms with Gasteiger partial charge in [0.2, 0.25) is 9.84 Å². The maximum atomic E-state index is 12.8. The molecule has 1 aliphatic carbocycles. The second-order valence-electron chi connectivity index (χ2n) is 6.09. The van der Waals surface area contributed by atoms with Crippen molar-refractivity contribution in [2.45, 2.75) is 52.8 Å². The molecule has 26 heavy (non-hydrogen) atoms. The van der Waals surface area contributed by atoms with E-state index >= 15 is 0 Å². The Hall–Kier alpha value is -1.78. The van der Waals surface area contributed by atoms with E-state index < -0.39 is 9.84 Å². The first-order valence-electron chi connectivity index (χ1n) is 8.27. The van der Waals surface area contributed by atoms with E-state index in [1.807, 2.05) is 0 Å². The molecule has 0 saturated heterocycles. The lowest BCUT2D eigenvalue weighted by Gasteiger charge is -2.26. The molecule has 0 unspecified atom stereocenters. The van der Waals surface area contributed by atoms with E-state index in [2.05, 4.69) is 20.3 Å². The molecule has 1 aliphatic rings. The van der Waals surface area contributed by atoms with Crippen molar-refractivity contribution in [2.75, 3.05) is 18.7 Å². The van der Waals surface area contributed by atoms with Crippen LogP contribution in [0.4, 0.5) is 5.82 Å². The zero-order valence-corrected chi connectivity index (χ0v) is 16.2. The Labute approximate surface area is 156 Å². The fourth-order valence-corrected chi connectivity index (χ4v) is 5.17. The smallest absolute Gasteiger partial charge is 0.258 e. The minimum Gasteiger partial charge on any atom is -0.478 e. The number of aliphatic hydroxyl groups excluding tert-OH is 1. The summed E-state index contributed by atoms with van der Waals surface area (Å²) in [6.07, 6.45) is 7.45. The van der Waals surface area contributed by atoms with Gasteiger partial charge in [0, 0.05) is 12.2 Å². The average molecular weight is 399 g/mol. The van der Waals surface area contributed by atoms with Crippen molar-refractivity contribution in [3.63, 3.8) is 0 Å². The van der Waals surface area contributed by atoms with Gasteiger partial charge in [-0.05, 0) is 38.0 Å². The summed E-state index contributed by atoms with van der Waals surface area (Å²) in [7, 11) is -2.36. The molecule has 1 saturated carbocycles. The van der Waals surface area contributed by atoms with Crippen molar-refractivity contribution in [1.29, 1.82) is 0 Å². The number of methoxy groups -OCH3 is 1. The molecule has 3 N–H and O–H groups in total. The van der Waals surface area contributed by atoms with Gasteiger partial charge in [0.15, 0.2) is 10.8 Å². The normalized spacial score (nSPS) is 20.7. The third-order valence-electron chi connectivity index (χ3n) is 4.39. The lowest BCUT2D eigenvalue weighted by molar-refractivity contribution is 0.126. The van der Waals surface area contributed by atoms with Crippen LogP contribution < -0.4 is 10.1 Å². The predicted molar refractivity (Wildman–Crippen MR) is 98.5 cm³/mol. The summed E-state index contributed by atoms with van der Waals surface area (Å²) in [5.74, 6) is 0.547. The number of aromatic nitrogens is 3. The van der Waals surface area contributed by atoms with Crippen LogP contribution >= 0.6 is 11.8 Å². The first-order valence-corrected chi connectivity index (χ1v) is 11.0. The van der Waals surface area contributed by atoms with Crippen LogP contribution in [0, 0.1) is 0 Å². The summed E-state index contributed by atoms with van der Waals surface area (Å²) in [6.45, 7) is 0. The Morgan fingerprint density at radius 1 is 1.35 bits per heavy atom. The lowest BCUT2D eigenvalue weighted by Crippen LogP contribution is -2.28. The first kappa shape index (κ1) is 19.0. The van der Waals surface area contributed by atoms with Gasteiger partial charge in [0.25, 0.3) is 5.88 Å². The first-order chi connectivity index (χ1) is 12.5. The SMILES string of the molecule is COc1nc(S(=O)(=O)c2cc[nH]c2SC)cnc1NC1CCC(O)CC1. The Morgan fingerprint density at radius 2 is 2.08 bits per heavy atom. The molecule has 142 valence electrons. The molecule has 0 bridgehead atoms. The number of ether oxygens (including phenoxy) is 1. The van der Waals surface area contributed by atoms with Gasteiger partial charge >= 0.3 is 0 Å². The number of aromatic amines is 1. The monoisotopic (exact) mass is 398 g/mol. The van der Waals surface area contributed by atoms with Crippen molar-refractivity contribution in [3.05, 3.63) is 18.5 Å². The Kier molecular flexibility index (Phi) is 5.73. The summed E-state index contributed by atoms with van der Waals surface area (Å²) in [5.41, 5.74) is 0. The molecule has 0 amide bonds. The quantitative estimate of drug-likeness (QED) is 0.633. The number of anilines is 1. The predicted octanol–water partition coefficient (Wildman–Crippen LogP) is 2.08. The number of thioether (sulfide) groups is 1. The van der Waals surface area contributed by atoms with Gasteiger partial charge in [-0.2, -0.15) is 4.98 Å². The minimum atomic E-state index is -3.79. The van der Waals surface area contributed by atoms with Crippen LogP contribution in [0.5, 0.6) is 5.88 Å². The molecular formula is C16H22N4O4S2. The van der Waals surface area contributed by atoms with Crippen LogP contribution in [0.2, 0.25) is 0 Å². The van der Waals surface area contributed by atoms with Crippen molar-refractivity contribution in [3.8, 4) is 5.88 Å². The molecule has 0 aliphatic heterocycles. The fraction of sp³-hybridized carbons (Fsp3) is 0.500. The third kappa shape index (κ3) is 3.81. The van der Waals surface area contributed by atoms with Crippen LogP contribution in [-0.2, 0) is 9.84 Å². The van der Waals surface area contributed by atoms with E-state index in [-0.39, 0.29) is 27.9 Å². The summed E-state index contributed by atoms with van der Waals surface area (Å²) in [4.78, 5) is 11.5. The second-order valence-corrected chi connectivity index (χ2v) is 8.78. The third-order valence-corrected chi connectivity index (χ3v) is 6.93. The number of H-pyrrole nitrogens is 1. The molecule has 10 heteroatoms. The lowest BCUT2D eigenvalue weighted by atomic mass is 9.93. The maximum absolute atomic E-state index is 12.8. The van der Waals surface area contributed by atoms with Gasteiger partial charge in [-0.15, -0.1) is 11.8 Å². The highest BCUT2D eigenvalue weighted by Gasteiger charge is 2.27. The minimum absolute atomic E-state index is 0.137. The highest BCUT2D eigenvalue weighted by atomic mass is 32.2. The van der Waals surface area contributed by atoms with Crippen LogP contribution in [0.15, 0.2) is 33.4 Å². The Balaban J connectivity index is 1.86. The van der Waals surface area contributed by atoms with Crippen LogP contribution in [-0.4, -0.2) is 54.0 Å². The summed E-state index contributed by atoms with van der Waals surface area (Å²) in [6, 6.07) is 1.66. The number of rotatable bonds is 6. The molecule has 8 nitrogen and oxygen atoms in total. The molecule has 3 rings (SSSR count). The highest BCUT2D eigenvalue weighted by Crippen LogP contribution is 2.31. The largest absolute Gasteiger partial charge is 0.478 e. The molecule has 0 atom stereocenters. The van der Waals surface area contributed by atoms with Gasteiger partial charge in [0.05, 0.1) is 24.4 Å². The van der Waals surface area contributed by atoms with Crippen LogP contribution in [0.3, 0.4) is 0 Å². The molecule has 0 spiro atoms. The van der Waals surface area contributed by atoms with E-state index in [9.17, 15) is 13.5 Å². The zero-order valence-electron chi connectivity index (χ0n) is 14.6. The number of nitrogens with zero attached hydrogens (tertiary/aromatic N) is 2. The number of sulfone groups is 1. The number of aliphatic hydroxyl groups is 1. The Morgan fingerprint density at radius 3 is 2.73 bits per heavy atom. The molecule has 2 heterocycles. The van der Waals surface area contributed by atoms with Gasteiger partial charge in [-0.3, -0.25) is 0 Å². The molecular weight excluding hydrogens is 376 g/mol. The van der Waals surface area contributed by atoms with Gasteiger partial charge in [-0.25, -0.2) is 13.4 Å². The topological polar surface area (TPSA) is 117 Å². The van der Waals surface area contributed by atoms with E-state index in [0.717, 1.165) is 25.7 Å². The van der Waals surface area contributed by atoms with Crippen LogP contribution in [0.25, 0.3) is 0 Å². The van der Waals surface area contributed by atoms with Crippen molar-refractivity contribution < 1.29 is 18.3 Å². The van der Waals surface area contributed by atoms with Crippen molar-refractivity contribution in [2.24, 2.45) is 0 Å².